The molecule has 0 spiro atoms. The molecule has 0 saturated heterocycles. The Kier molecular flexibility index (Phi) is 5.72. The summed E-state index contributed by atoms with van der Waals surface area (Å²) in [6.07, 6.45) is 5.10. The zero-order chi connectivity index (χ0) is 17.0. The normalized spacial score (nSPS) is 22.0. The molecule has 1 aliphatic carbocycles. The fourth-order valence-corrected chi connectivity index (χ4v) is 3.24. The van der Waals surface area contributed by atoms with E-state index in [9.17, 15) is 4.79 Å². The van der Waals surface area contributed by atoms with E-state index in [0.717, 1.165) is 17.4 Å². The van der Waals surface area contributed by atoms with Crippen molar-refractivity contribution in [1.82, 2.24) is 0 Å². The average Bonchev–Trinajstić information content (AvgIpc) is 2.49. The number of anilines is 1. The van der Waals surface area contributed by atoms with E-state index in [1.165, 1.54) is 25.7 Å². The van der Waals surface area contributed by atoms with Crippen molar-refractivity contribution in [2.75, 3.05) is 5.32 Å². The molecule has 3 nitrogen and oxygen atoms in total. The van der Waals surface area contributed by atoms with Crippen molar-refractivity contribution < 1.29 is 9.53 Å². The van der Waals surface area contributed by atoms with E-state index in [2.05, 4.69) is 26.1 Å². The Labute approximate surface area is 140 Å². The summed E-state index contributed by atoms with van der Waals surface area (Å²) in [6, 6.07) is 7.72. The zero-order valence-electron chi connectivity index (χ0n) is 15.2. The van der Waals surface area contributed by atoms with E-state index in [4.69, 9.17) is 4.74 Å². The second-order valence-electron chi connectivity index (χ2n) is 7.83. The molecule has 0 atom stereocenters. The molecule has 0 bridgehead atoms. The predicted octanol–water partition coefficient (Wildman–Crippen LogP) is 5.26. The largest absolute Gasteiger partial charge is 0.488 e. The van der Waals surface area contributed by atoms with Crippen LogP contribution in [0.4, 0.5) is 5.69 Å². The van der Waals surface area contributed by atoms with Crippen LogP contribution < -0.4 is 10.1 Å². The molecule has 2 rings (SSSR count). The van der Waals surface area contributed by atoms with Crippen molar-refractivity contribution >= 4 is 11.6 Å². The van der Waals surface area contributed by atoms with Gasteiger partial charge in [-0.25, -0.2) is 0 Å². The van der Waals surface area contributed by atoms with Gasteiger partial charge in [0.1, 0.15) is 11.4 Å². The Hall–Kier alpha value is -1.51. The van der Waals surface area contributed by atoms with Crippen LogP contribution in [0.2, 0.25) is 0 Å². The maximum absolute atomic E-state index is 11.7. The third kappa shape index (κ3) is 4.98. The first-order chi connectivity index (χ1) is 10.8. The van der Waals surface area contributed by atoms with Crippen molar-refractivity contribution in [2.45, 2.75) is 65.9 Å². The highest BCUT2D eigenvalue weighted by Gasteiger charge is 2.34. The van der Waals surface area contributed by atoms with Gasteiger partial charge in [-0.15, -0.1) is 0 Å². The molecule has 1 aromatic rings. The maximum Gasteiger partial charge on any atom is 0.226 e. The van der Waals surface area contributed by atoms with Crippen molar-refractivity contribution in [3.05, 3.63) is 24.3 Å². The molecule has 23 heavy (non-hydrogen) atoms. The van der Waals surface area contributed by atoms with Crippen LogP contribution in [-0.4, -0.2) is 11.5 Å². The minimum Gasteiger partial charge on any atom is -0.488 e. The molecular weight excluding hydrogens is 286 g/mol. The summed E-state index contributed by atoms with van der Waals surface area (Å²) < 4.78 is 6.27. The number of nitrogens with one attached hydrogen (secondary N) is 1. The second-order valence-corrected chi connectivity index (χ2v) is 7.83. The van der Waals surface area contributed by atoms with Crippen LogP contribution in [0.15, 0.2) is 24.3 Å². The monoisotopic (exact) mass is 317 g/mol. The van der Waals surface area contributed by atoms with Gasteiger partial charge in [0, 0.05) is 11.6 Å². The van der Waals surface area contributed by atoms with E-state index in [-0.39, 0.29) is 17.4 Å². The number of rotatable bonds is 5. The quantitative estimate of drug-likeness (QED) is 0.804. The summed E-state index contributed by atoms with van der Waals surface area (Å²) in [5, 5.41) is 2.91. The van der Waals surface area contributed by atoms with Crippen LogP contribution in [0.5, 0.6) is 5.75 Å². The Balaban J connectivity index is 1.95. The summed E-state index contributed by atoms with van der Waals surface area (Å²) in [5.74, 6) is 2.36. The standard InChI is InChI=1S/C20H31NO2/c1-14(2)19(22)21-17-10-12-18(13-11-17)23-20(4,5)16-8-6-15(3)7-9-16/h10-16H,6-9H2,1-5H3,(H,21,22). The van der Waals surface area contributed by atoms with E-state index in [1.807, 2.05) is 38.1 Å². The molecule has 0 aliphatic heterocycles. The molecule has 1 aromatic carbocycles. The van der Waals surface area contributed by atoms with Gasteiger partial charge in [0.2, 0.25) is 5.91 Å². The fraction of sp³-hybridized carbons (Fsp3) is 0.650. The Morgan fingerprint density at radius 3 is 2.22 bits per heavy atom. The molecular formula is C20H31NO2. The molecule has 1 saturated carbocycles. The molecule has 1 fully saturated rings. The van der Waals surface area contributed by atoms with Gasteiger partial charge in [0.05, 0.1) is 0 Å². The van der Waals surface area contributed by atoms with Crippen molar-refractivity contribution in [3.63, 3.8) is 0 Å². The highest BCUT2D eigenvalue weighted by atomic mass is 16.5. The third-order valence-corrected chi connectivity index (χ3v) is 5.03. The summed E-state index contributed by atoms with van der Waals surface area (Å²) in [6.45, 7) is 10.5. The van der Waals surface area contributed by atoms with E-state index in [0.29, 0.717) is 5.92 Å². The lowest BCUT2D eigenvalue weighted by Gasteiger charge is -2.38. The highest BCUT2D eigenvalue weighted by molar-refractivity contribution is 5.92. The van der Waals surface area contributed by atoms with Crippen LogP contribution in [-0.2, 0) is 4.79 Å². The first-order valence-electron chi connectivity index (χ1n) is 8.88. The molecule has 128 valence electrons. The van der Waals surface area contributed by atoms with Gasteiger partial charge >= 0.3 is 0 Å². The lowest BCUT2D eigenvalue weighted by molar-refractivity contribution is -0.118. The Bertz CT molecular complexity index is 511. The molecule has 0 aromatic heterocycles. The SMILES string of the molecule is CC1CCC(C(C)(C)Oc2ccc(NC(=O)C(C)C)cc2)CC1. The lowest BCUT2D eigenvalue weighted by Crippen LogP contribution is -2.39. The van der Waals surface area contributed by atoms with Gasteiger partial charge in [-0.05, 0) is 62.8 Å². The van der Waals surface area contributed by atoms with Crippen LogP contribution in [0, 0.1) is 17.8 Å². The average molecular weight is 317 g/mol. The minimum atomic E-state index is -0.150. The number of benzene rings is 1. The van der Waals surface area contributed by atoms with E-state index < -0.39 is 0 Å². The van der Waals surface area contributed by atoms with Crippen molar-refractivity contribution in [2.24, 2.45) is 17.8 Å². The minimum absolute atomic E-state index is 0.0152. The van der Waals surface area contributed by atoms with Crippen LogP contribution >= 0.6 is 0 Å². The van der Waals surface area contributed by atoms with Crippen LogP contribution in [0.25, 0.3) is 0 Å². The third-order valence-electron chi connectivity index (χ3n) is 5.03. The molecule has 1 N–H and O–H groups in total. The topological polar surface area (TPSA) is 38.3 Å². The van der Waals surface area contributed by atoms with Crippen LogP contribution in [0.3, 0.4) is 0 Å². The van der Waals surface area contributed by atoms with Gasteiger partial charge in [-0.3, -0.25) is 4.79 Å². The molecule has 0 heterocycles. The predicted molar refractivity (Wildman–Crippen MR) is 95.7 cm³/mol. The molecule has 1 amide bonds. The summed E-state index contributed by atoms with van der Waals surface area (Å²) in [4.78, 5) is 11.7. The van der Waals surface area contributed by atoms with Gasteiger partial charge in [0.15, 0.2) is 0 Å². The number of amides is 1. The number of carbonyl (C=O) groups excluding carboxylic acids is 1. The first kappa shape index (κ1) is 17.8. The molecule has 0 unspecified atom stereocenters. The summed E-state index contributed by atoms with van der Waals surface area (Å²) in [5.41, 5.74) is 0.670. The number of hydrogen-bond donors (Lipinski definition) is 1. The first-order valence-corrected chi connectivity index (χ1v) is 8.88. The van der Waals surface area contributed by atoms with Gasteiger partial charge in [-0.2, -0.15) is 0 Å². The number of carbonyl (C=O) groups is 1. The van der Waals surface area contributed by atoms with Gasteiger partial charge in [0.25, 0.3) is 0 Å². The number of hydrogen-bond acceptors (Lipinski definition) is 2. The van der Waals surface area contributed by atoms with E-state index >= 15 is 0 Å². The molecule has 1 aliphatic rings. The Morgan fingerprint density at radius 1 is 1.13 bits per heavy atom. The zero-order valence-corrected chi connectivity index (χ0v) is 15.2. The number of ether oxygens (including phenoxy) is 1. The van der Waals surface area contributed by atoms with Crippen molar-refractivity contribution in [3.8, 4) is 5.75 Å². The maximum atomic E-state index is 11.7. The Morgan fingerprint density at radius 2 is 1.70 bits per heavy atom. The van der Waals surface area contributed by atoms with E-state index in [1.54, 1.807) is 0 Å². The fourth-order valence-electron chi connectivity index (χ4n) is 3.24. The summed E-state index contributed by atoms with van der Waals surface area (Å²) in [7, 11) is 0. The second kappa shape index (κ2) is 7.37. The van der Waals surface area contributed by atoms with Crippen molar-refractivity contribution in [1.29, 1.82) is 0 Å². The molecule has 3 heteroatoms. The van der Waals surface area contributed by atoms with Gasteiger partial charge < -0.3 is 10.1 Å². The highest BCUT2D eigenvalue weighted by Crippen LogP contribution is 2.37. The lowest BCUT2D eigenvalue weighted by atomic mass is 9.75. The van der Waals surface area contributed by atoms with Gasteiger partial charge in [-0.1, -0.05) is 33.6 Å². The summed E-state index contributed by atoms with van der Waals surface area (Å²) >= 11 is 0. The van der Waals surface area contributed by atoms with Crippen LogP contribution in [0.1, 0.15) is 60.3 Å². The molecule has 0 radical (unpaired) electrons. The smallest absolute Gasteiger partial charge is 0.226 e.